The largest absolute Gasteiger partial charge is 0.475 e. The van der Waals surface area contributed by atoms with Gasteiger partial charge in [0.05, 0.1) is 20.3 Å². The van der Waals surface area contributed by atoms with Gasteiger partial charge < -0.3 is 4.74 Å². The van der Waals surface area contributed by atoms with Crippen molar-refractivity contribution in [2.45, 2.75) is 45.1 Å². The molecule has 23 heavy (non-hydrogen) atoms. The lowest BCUT2D eigenvalue weighted by Gasteiger charge is -2.37. The Kier molecular flexibility index (Phi) is 5.16. The number of ketones is 1. The molecule has 0 spiro atoms. The zero-order valence-corrected chi connectivity index (χ0v) is 14.6. The van der Waals surface area contributed by atoms with E-state index in [4.69, 9.17) is 18.3 Å². The van der Waals surface area contributed by atoms with Gasteiger partial charge in [-0.05, 0) is 32.3 Å². The molecule has 2 rings (SSSR count). The van der Waals surface area contributed by atoms with Crippen molar-refractivity contribution in [3.05, 3.63) is 12.2 Å². The number of fused-ring (bicyclic) bond motifs is 2. The highest BCUT2D eigenvalue weighted by Gasteiger charge is 2.64. The second-order valence-electron chi connectivity index (χ2n) is 5.82. The van der Waals surface area contributed by atoms with Crippen LogP contribution in [0.4, 0.5) is 0 Å². The van der Waals surface area contributed by atoms with Crippen molar-refractivity contribution < 1.29 is 32.5 Å². The average Bonchev–Trinajstić information content (AvgIpc) is 2.73. The molecule has 0 aromatic rings. The zero-order valence-electron chi connectivity index (χ0n) is 13.8. The van der Waals surface area contributed by atoms with Gasteiger partial charge in [0.25, 0.3) is 0 Å². The molecule has 0 aliphatic heterocycles. The standard InChI is InChI=1S/C15H23O7P/c1-5-20-23(18,21-6-2)22-15-8-7-12(16)14(10-15,9-11(15)3)13(17)19-4/h3,5-10H2,1-2,4H3. The molecule has 2 bridgehead atoms. The average molecular weight is 346 g/mol. The molecular weight excluding hydrogens is 323 g/mol. The van der Waals surface area contributed by atoms with Crippen LogP contribution < -0.4 is 0 Å². The predicted molar refractivity (Wildman–Crippen MR) is 81.7 cm³/mol. The molecule has 130 valence electrons. The highest BCUT2D eigenvalue weighted by molar-refractivity contribution is 7.48. The number of Topliss-reactive ketones (excluding diaryl/α,β-unsaturated/α-hetero) is 1. The molecule has 2 fully saturated rings. The van der Waals surface area contributed by atoms with E-state index in [1.165, 1.54) is 7.11 Å². The van der Waals surface area contributed by atoms with Crippen LogP contribution in [0.2, 0.25) is 0 Å². The first-order valence-corrected chi connectivity index (χ1v) is 9.13. The van der Waals surface area contributed by atoms with Gasteiger partial charge in [0.2, 0.25) is 0 Å². The molecule has 2 unspecified atom stereocenters. The third kappa shape index (κ3) is 3.03. The molecule has 0 aromatic carbocycles. The predicted octanol–water partition coefficient (Wildman–Crippen LogP) is 2.80. The molecule has 0 amide bonds. The first kappa shape index (κ1) is 18.3. The summed E-state index contributed by atoms with van der Waals surface area (Å²) in [6.45, 7) is 7.62. The van der Waals surface area contributed by atoms with Crippen LogP contribution in [0.5, 0.6) is 0 Å². The van der Waals surface area contributed by atoms with Crippen molar-refractivity contribution in [1.29, 1.82) is 0 Å². The Morgan fingerprint density at radius 1 is 1.30 bits per heavy atom. The summed E-state index contributed by atoms with van der Waals surface area (Å²) in [6, 6.07) is 0. The smallest absolute Gasteiger partial charge is 0.468 e. The number of phosphoric ester groups is 1. The van der Waals surface area contributed by atoms with E-state index < -0.39 is 24.8 Å². The lowest BCUT2D eigenvalue weighted by molar-refractivity contribution is -0.161. The van der Waals surface area contributed by atoms with E-state index in [-0.39, 0.29) is 38.3 Å². The second-order valence-corrected chi connectivity index (χ2v) is 7.42. The fourth-order valence-electron chi connectivity index (χ4n) is 3.43. The molecule has 0 N–H and O–H groups in total. The van der Waals surface area contributed by atoms with Crippen LogP contribution in [-0.4, -0.2) is 37.7 Å². The Morgan fingerprint density at radius 2 is 1.91 bits per heavy atom. The molecule has 7 nitrogen and oxygen atoms in total. The zero-order chi connectivity index (χ0) is 17.3. The van der Waals surface area contributed by atoms with Gasteiger partial charge in [0, 0.05) is 12.8 Å². The van der Waals surface area contributed by atoms with Crippen LogP contribution in [0.25, 0.3) is 0 Å². The summed E-state index contributed by atoms with van der Waals surface area (Å²) in [5.74, 6) is -0.790. The number of methoxy groups -OCH3 is 1. The van der Waals surface area contributed by atoms with Gasteiger partial charge in [-0.2, -0.15) is 0 Å². The number of ether oxygens (including phenoxy) is 1. The topological polar surface area (TPSA) is 88.1 Å². The summed E-state index contributed by atoms with van der Waals surface area (Å²) < 4.78 is 33.7. The van der Waals surface area contributed by atoms with Crippen molar-refractivity contribution in [3.8, 4) is 0 Å². The molecule has 2 aliphatic carbocycles. The molecule has 0 saturated heterocycles. The van der Waals surface area contributed by atoms with Crippen LogP contribution >= 0.6 is 7.82 Å². The third-order valence-electron chi connectivity index (χ3n) is 4.47. The molecule has 0 aromatic heterocycles. The van der Waals surface area contributed by atoms with Gasteiger partial charge in [-0.15, -0.1) is 0 Å². The van der Waals surface area contributed by atoms with Crippen molar-refractivity contribution in [3.63, 3.8) is 0 Å². The van der Waals surface area contributed by atoms with E-state index in [1.807, 2.05) is 0 Å². The summed E-state index contributed by atoms with van der Waals surface area (Å²) in [5, 5.41) is 0. The van der Waals surface area contributed by atoms with Crippen molar-refractivity contribution in [1.82, 2.24) is 0 Å². The summed E-state index contributed by atoms with van der Waals surface area (Å²) in [5.41, 5.74) is -1.82. The van der Waals surface area contributed by atoms with Gasteiger partial charge in [-0.3, -0.25) is 23.2 Å². The maximum absolute atomic E-state index is 12.7. The minimum absolute atomic E-state index is 0.0640. The number of carbonyl (C=O) groups excluding carboxylic acids is 2. The highest BCUT2D eigenvalue weighted by atomic mass is 31.2. The molecular formula is C15H23O7P. The lowest BCUT2D eigenvalue weighted by atomic mass is 9.73. The third-order valence-corrected chi connectivity index (χ3v) is 6.20. The Balaban J connectivity index is 2.35. The Hall–Kier alpha value is -1.01. The number of phosphoric acid groups is 1. The van der Waals surface area contributed by atoms with E-state index in [0.717, 1.165) is 0 Å². The van der Waals surface area contributed by atoms with Gasteiger partial charge in [0.15, 0.2) is 5.78 Å². The van der Waals surface area contributed by atoms with E-state index in [2.05, 4.69) is 6.58 Å². The summed E-state index contributed by atoms with van der Waals surface area (Å²) >= 11 is 0. The quantitative estimate of drug-likeness (QED) is 0.303. The number of carbonyl (C=O) groups is 2. The summed E-state index contributed by atoms with van der Waals surface area (Å²) in [4.78, 5) is 24.5. The molecule has 0 radical (unpaired) electrons. The van der Waals surface area contributed by atoms with E-state index >= 15 is 0 Å². The number of hydrogen-bond acceptors (Lipinski definition) is 7. The second kappa shape index (κ2) is 6.48. The van der Waals surface area contributed by atoms with E-state index in [9.17, 15) is 14.2 Å². The van der Waals surface area contributed by atoms with Gasteiger partial charge >= 0.3 is 13.8 Å². The van der Waals surface area contributed by atoms with Crippen LogP contribution in [0.15, 0.2) is 12.2 Å². The van der Waals surface area contributed by atoms with Gasteiger partial charge in [-0.1, -0.05) is 6.58 Å². The Bertz CT molecular complexity index is 552. The first-order valence-electron chi connectivity index (χ1n) is 7.67. The monoisotopic (exact) mass is 346 g/mol. The maximum atomic E-state index is 12.7. The summed E-state index contributed by atoms with van der Waals surface area (Å²) in [6.07, 6.45) is 0.630. The highest BCUT2D eigenvalue weighted by Crippen LogP contribution is 2.63. The molecule has 8 heteroatoms. The maximum Gasteiger partial charge on any atom is 0.475 e. The van der Waals surface area contributed by atoms with Crippen LogP contribution in [0.3, 0.4) is 0 Å². The van der Waals surface area contributed by atoms with Crippen LogP contribution in [-0.2, 0) is 32.5 Å². The fourth-order valence-corrected chi connectivity index (χ4v) is 4.96. The Labute approximate surface area is 135 Å². The minimum atomic E-state index is -3.79. The number of hydrogen-bond donors (Lipinski definition) is 0. The fraction of sp³-hybridized carbons (Fsp3) is 0.733. The van der Waals surface area contributed by atoms with E-state index in [0.29, 0.717) is 12.0 Å². The lowest BCUT2D eigenvalue weighted by Crippen LogP contribution is -2.45. The van der Waals surface area contributed by atoms with Crippen molar-refractivity contribution in [2.75, 3.05) is 20.3 Å². The molecule has 0 heterocycles. The summed E-state index contributed by atoms with van der Waals surface area (Å²) in [7, 11) is -2.55. The van der Waals surface area contributed by atoms with Gasteiger partial charge in [-0.25, -0.2) is 4.57 Å². The van der Waals surface area contributed by atoms with Crippen LogP contribution in [0, 0.1) is 5.41 Å². The number of rotatable bonds is 7. The van der Waals surface area contributed by atoms with E-state index in [1.54, 1.807) is 13.8 Å². The minimum Gasteiger partial charge on any atom is -0.468 e. The first-order chi connectivity index (χ1) is 10.8. The SMILES string of the molecule is C=C1CC2(C(=O)OC)CC1(OP(=O)(OCC)OCC)CCC2=O. The molecule has 2 aliphatic rings. The molecule has 2 atom stereocenters. The van der Waals surface area contributed by atoms with Crippen molar-refractivity contribution in [2.24, 2.45) is 5.41 Å². The molecule has 2 saturated carbocycles. The number of esters is 1. The van der Waals surface area contributed by atoms with Gasteiger partial charge in [0.1, 0.15) is 11.0 Å². The van der Waals surface area contributed by atoms with Crippen molar-refractivity contribution >= 4 is 19.6 Å². The van der Waals surface area contributed by atoms with Crippen LogP contribution in [0.1, 0.15) is 39.5 Å². The Morgan fingerprint density at radius 3 is 2.43 bits per heavy atom. The normalized spacial score (nSPS) is 30.6.